The third-order valence-electron chi connectivity index (χ3n) is 2.69. The van der Waals surface area contributed by atoms with E-state index in [2.05, 4.69) is 4.98 Å². The maximum absolute atomic E-state index is 10.9. The van der Waals surface area contributed by atoms with Gasteiger partial charge >= 0.3 is 0 Å². The minimum atomic E-state index is 0.620. The Morgan fingerprint density at radius 1 is 1.35 bits per heavy atom. The summed E-state index contributed by atoms with van der Waals surface area (Å²) in [6, 6.07) is 7.34. The van der Waals surface area contributed by atoms with Crippen molar-refractivity contribution in [2.75, 3.05) is 0 Å². The van der Waals surface area contributed by atoms with Gasteiger partial charge in [-0.2, -0.15) is 0 Å². The van der Waals surface area contributed by atoms with Crippen molar-refractivity contribution in [1.82, 2.24) is 9.38 Å². The zero-order chi connectivity index (χ0) is 11.8. The SMILES string of the molecule is Cc1ccc(-c2ncc3c(C=O)cccn23)o1. The molecule has 0 aliphatic rings. The first kappa shape index (κ1) is 9.84. The van der Waals surface area contributed by atoms with Crippen molar-refractivity contribution in [1.29, 1.82) is 0 Å². The lowest BCUT2D eigenvalue weighted by molar-refractivity contribution is 0.112. The average Bonchev–Trinajstić information content (AvgIpc) is 2.94. The first-order valence-electron chi connectivity index (χ1n) is 5.27. The Labute approximate surface area is 97.5 Å². The Hall–Kier alpha value is -2.36. The number of carbonyl (C=O) groups excluding carboxylic acids is 1. The molecule has 0 spiro atoms. The molecule has 3 rings (SSSR count). The molecule has 3 heterocycles. The van der Waals surface area contributed by atoms with Gasteiger partial charge in [-0.15, -0.1) is 0 Å². The molecule has 0 aliphatic carbocycles. The van der Waals surface area contributed by atoms with Gasteiger partial charge in [-0.25, -0.2) is 4.98 Å². The minimum Gasteiger partial charge on any atom is -0.458 e. The first-order valence-corrected chi connectivity index (χ1v) is 5.27. The van der Waals surface area contributed by atoms with E-state index in [4.69, 9.17) is 4.42 Å². The second-order valence-corrected chi connectivity index (χ2v) is 3.83. The van der Waals surface area contributed by atoms with E-state index >= 15 is 0 Å². The second kappa shape index (κ2) is 3.59. The summed E-state index contributed by atoms with van der Waals surface area (Å²) in [5.74, 6) is 2.24. The predicted octanol–water partition coefficient (Wildman–Crippen LogP) is 2.72. The number of hydrogen-bond donors (Lipinski definition) is 0. The van der Waals surface area contributed by atoms with Crippen LogP contribution >= 0.6 is 0 Å². The average molecular weight is 226 g/mol. The van der Waals surface area contributed by atoms with Crippen molar-refractivity contribution in [2.45, 2.75) is 6.92 Å². The Bertz CT molecular complexity index is 694. The molecule has 0 fully saturated rings. The standard InChI is InChI=1S/C13H10N2O2/c1-9-4-5-12(17-9)13-14-7-11-10(8-16)3-2-6-15(11)13/h2-8H,1H3. The lowest BCUT2D eigenvalue weighted by Gasteiger charge is -1.99. The van der Waals surface area contributed by atoms with Crippen LogP contribution in [0.3, 0.4) is 0 Å². The van der Waals surface area contributed by atoms with Crippen molar-refractivity contribution in [2.24, 2.45) is 0 Å². The Morgan fingerprint density at radius 2 is 2.24 bits per heavy atom. The highest BCUT2D eigenvalue weighted by Crippen LogP contribution is 2.22. The fourth-order valence-corrected chi connectivity index (χ4v) is 1.88. The van der Waals surface area contributed by atoms with Crippen LogP contribution in [0.15, 0.2) is 41.1 Å². The van der Waals surface area contributed by atoms with Gasteiger partial charge < -0.3 is 4.42 Å². The van der Waals surface area contributed by atoms with E-state index in [-0.39, 0.29) is 0 Å². The summed E-state index contributed by atoms with van der Waals surface area (Å²) in [4.78, 5) is 15.2. The van der Waals surface area contributed by atoms with E-state index in [9.17, 15) is 4.79 Å². The van der Waals surface area contributed by atoms with Crippen LogP contribution in [0.25, 0.3) is 17.1 Å². The molecule has 17 heavy (non-hydrogen) atoms. The van der Waals surface area contributed by atoms with E-state index in [1.807, 2.05) is 35.7 Å². The molecule has 0 amide bonds. The van der Waals surface area contributed by atoms with Crippen LogP contribution in [0.1, 0.15) is 16.1 Å². The molecule has 0 radical (unpaired) electrons. The number of nitrogens with zero attached hydrogens (tertiary/aromatic N) is 2. The van der Waals surface area contributed by atoms with Gasteiger partial charge in [0.15, 0.2) is 17.9 Å². The smallest absolute Gasteiger partial charge is 0.180 e. The van der Waals surface area contributed by atoms with Crippen LogP contribution in [0.2, 0.25) is 0 Å². The highest BCUT2D eigenvalue weighted by atomic mass is 16.3. The summed E-state index contributed by atoms with van der Waals surface area (Å²) >= 11 is 0. The highest BCUT2D eigenvalue weighted by molar-refractivity contribution is 5.86. The van der Waals surface area contributed by atoms with E-state index in [1.165, 1.54) is 0 Å². The van der Waals surface area contributed by atoms with Crippen molar-refractivity contribution >= 4 is 11.8 Å². The van der Waals surface area contributed by atoms with Crippen molar-refractivity contribution in [3.05, 3.63) is 48.0 Å². The first-order chi connectivity index (χ1) is 8.29. The van der Waals surface area contributed by atoms with Crippen LogP contribution in [0, 0.1) is 6.92 Å². The van der Waals surface area contributed by atoms with Crippen molar-refractivity contribution < 1.29 is 9.21 Å². The maximum atomic E-state index is 10.9. The number of aldehydes is 1. The van der Waals surface area contributed by atoms with Gasteiger partial charge in [-0.1, -0.05) is 0 Å². The number of fused-ring (bicyclic) bond motifs is 1. The van der Waals surface area contributed by atoms with Crippen molar-refractivity contribution in [3.8, 4) is 11.6 Å². The van der Waals surface area contributed by atoms with Gasteiger partial charge in [-0.3, -0.25) is 9.20 Å². The lowest BCUT2D eigenvalue weighted by Crippen LogP contribution is -1.91. The summed E-state index contributed by atoms with van der Waals surface area (Å²) in [5.41, 5.74) is 1.40. The fourth-order valence-electron chi connectivity index (χ4n) is 1.88. The number of rotatable bonds is 2. The number of aryl methyl sites for hydroxylation is 1. The molecule has 0 saturated heterocycles. The largest absolute Gasteiger partial charge is 0.458 e. The molecule has 0 aliphatic heterocycles. The summed E-state index contributed by atoms with van der Waals surface area (Å²) in [6.07, 6.45) is 4.37. The topological polar surface area (TPSA) is 47.5 Å². The quantitative estimate of drug-likeness (QED) is 0.631. The Morgan fingerprint density at radius 3 is 2.94 bits per heavy atom. The molecule has 0 bridgehead atoms. The molecule has 3 aromatic rings. The molecule has 0 aromatic carbocycles. The molecule has 4 nitrogen and oxygen atoms in total. The van der Waals surface area contributed by atoms with Crippen LogP contribution in [-0.2, 0) is 0 Å². The monoisotopic (exact) mass is 226 g/mol. The molecule has 0 unspecified atom stereocenters. The number of imidazole rings is 1. The molecule has 0 N–H and O–H groups in total. The molecular weight excluding hydrogens is 216 g/mol. The van der Waals surface area contributed by atoms with Crippen LogP contribution in [0.4, 0.5) is 0 Å². The lowest BCUT2D eigenvalue weighted by atomic mass is 10.2. The predicted molar refractivity (Wildman–Crippen MR) is 63.0 cm³/mol. The van der Waals surface area contributed by atoms with Crippen LogP contribution in [0.5, 0.6) is 0 Å². The number of hydrogen-bond acceptors (Lipinski definition) is 3. The van der Waals surface area contributed by atoms with E-state index in [1.54, 1.807) is 12.3 Å². The molecule has 3 aromatic heterocycles. The van der Waals surface area contributed by atoms with E-state index in [0.717, 1.165) is 17.6 Å². The zero-order valence-corrected chi connectivity index (χ0v) is 9.25. The van der Waals surface area contributed by atoms with Gasteiger partial charge in [0.25, 0.3) is 0 Å². The van der Waals surface area contributed by atoms with Gasteiger partial charge in [0.2, 0.25) is 0 Å². The van der Waals surface area contributed by atoms with Gasteiger partial charge in [-0.05, 0) is 31.2 Å². The summed E-state index contributed by atoms with van der Waals surface area (Å²) in [7, 11) is 0. The molecule has 0 atom stereocenters. The maximum Gasteiger partial charge on any atom is 0.180 e. The fraction of sp³-hybridized carbons (Fsp3) is 0.0769. The molecule has 0 saturated carbocycles. The third-order valence-corrected chi connectivity index (χ3v) is 2.69. The summed E-state index contributed by atoms with van der Waals surface area (Å²) in [6.45, 7) is 1.89. The van der Waals surface area contributed by atoms with Crippen LogP contribution in [-0.4, -0.2) is 15.7 Å². The Balaban J connectivity index is 2.28. The highest BCUT2D eigenvalue weighted by Gasteiger charge is 2.11. The van der Waals surface area contributed by atoms with Gasteiger partial charge in [0.1, 0.15) is 5.76 Å². The number of furan rings is 1. The Kier molecular flexibility index (Phi) is 2.08. The summed E-state index contributed by atoms with van der Waals surface area (Å²) < 4.78 is 7.39. The number of pyridine rings is 1. The second-order valence-electron chi connectivity index (χ2n) is 3.83. The van der Waals surface area contributed by atoms with E-state index in [0.29, 0.717) is 17.1 Å². The van der Waals surface area contributed by atoms with Gasteiger partial charge in [0.05, 0.1) is 11.7 Å². The summed E-state index contributed by atoms with van der Waals surface area (Å²) in [5, 5.41) is 0. The number of aromatic nitrogens is 2. The van der Waals surface area contributed by atoms with Crippen molar-refractivity contribution in [3.63, 3.8) is 0 Å². The van der Waals surface area contributed by atoms with Gasteiger partial charge in [0, 0.05) is 11.8 Å². The molecule has 4 heteroatoms. The normalized spacial score (nSPS) is 10.9. The third kappa shape index (κ3) is 1.45. The zero-order valence-electron chi connectivity index (χ0n) is 9.25. The van der Waals surface area contributed by atoms with E-state index < -0.39 is 0 Å². The molecular formula is C13H10N2O2. The minimum absolute atomic E-state index is 0.620. The number of carbonyl (C=O) groups is 1. The van der Waals surface area contributed by atoms with Crippen LogP contribution < -0.4 is 0 Å². The molecule has 84 valence electrons.